The molecule has 0 radical (unpaired) electrons. The van der Waals surface area contributed by atoms with Crippen molar-refractivity contribution in [2.24, 2.45) is 0 Å². The normalized spacial score (nSPS) is 10.5. The van der Waals surface area contributed by atoms with Crippen LogP contribution in [0.3, 0.4) is 0 Å². The number of benzene rings is 2. The van der Waals surface area contributed by atoms with Crippen LogP contribution in [0.1, 0.15) is 11.1 Å². The minimum Gasteiger partial charge on any atom is -0.539 e. The Morgan fingerprint density at radius 3 is 2.67 bits per heavy atom. The van der Waals surface area contributed by atoms with Crippen molar-refractivity contribution in [3.8, 4) is 17.4 Å². The Balaban J connectivity index is 1.67. The summed E-state index contributed by atoms with van der Waals surface area (Å²) in [4.78, 5) is 0. The molecule has 0 amide bonds. The molecule has 0 spiro atoms. The van der Waals surface area contributed by atoms with E-state index < -0.39 is 5.95 Å². The monoisotopic (exact) mass is 282 g/mol. The average molecular weight is 282 g/mol. The second kappa shape index (κ2) is 5.66. The Morgan fingerprint density at radius 1 is 1.19 bits per heavy atom. The molecule has 0 saturated carbocycles. The molecular weight excluding hydrogens is 268 g/mol. The second-order valence-electron chi connectivity index (χ2n) is 4.74. The smallest absolute Gasteiger partial charge is 0.239 e. The molecule has 0 fully saturated rings. The molecule has 0 atom stereocenters. The first-order valence-corrected chi connectivity index (χ1v) is 6.55. The summed E-state index contributed by atoms with van der Waals surface area (Å²) in [7, 11) is 0. The molecular formula is C16H14N2O3. The lowest BCUT2D eigenvalue weighted by Crippen LogP contribution is -2.31. The third-order valence-electron chi connectivity index (χ3n) is 3.04. The first-order valence-electron chi connectivity index (χ1n) is 6.55. The van der Waals surface area contributed by atoms with Crippen molar-refractivity contribution in [3.63, 3.8) is 0 Å². The highest BCUT2D eigenvalue weighted by atomic mass is 16.6. The van der Waals surface area contributed by atoms with Gasteiger partial charge in [0, 0.05) is 12.1 Å². The molecule has 0 saturated heterocycles. The van der Waals surface area contributed by atoms with Crippen LogP contribution in [0.2, 0.25) is 0 Å². The molecule has 2 aromatic carbocycles. The Labute approximate surface area is 122 Å². The predicted molar refractivity (Wildman–Crippen MR) is 73.0 cm³/mol. The van der Waals surface area contributed by atoms with Crippen LogP contribution in [0.4, 0.5) is 0 Å². The summed E-state index contributed by atoms with van der Waals surface area (Å²) in [6, 6.07) is 15.5. The third kappa shape index (κ3) is 3.20. The van der Waals surface area contributed by atoms with Gasteiger partial charge in [0.05, 0.1) is 5.27 Å². The summed E-state index contributed by atoms with van der Waals surface area (Å²) in [6.07, 6.45) is 1.28. The van der Waals surface area contributed by atoms with Crippen LogP contribution >= 0.6 is 0 Å². The summed E-state index contributed by atoms with van der Waals surface area (Å²) in [5, 5.41) is 14.6. The summed E-state index contributed by atoms with van der Waals surface area (Å²) >= 11 is 0. The Morgan fingerprint density at radius 2 is 2.00 bits per heavy atom. The zero-order chi connectivity index (χ0) is 14.7. The van der Waals surface area contributed by atoms with Crippen molar-refractivity contribution in [1.29, 1.82) is 0 Å². The average Bonchev–Trinajstić information content (AvgIpc) is 2.92. The molecule has 0 bridgehead atoms. The van der Waals surface area contributed by atoms with E-state index in [1.807, 2.05) is 36.4 Å². The quantitative estimate of drug-likeness (QED) is 0.686. The molecule has 5 heteroatoms. The summed E-state index contributed by atoms with van der Waals surface area (Å²) in [5.41, 5.74) is 3.08. The lowest BCUT2D eigenvalue weighted by molar-refractivity contribution is -0.670. The molecule has 1 heterocycles. The van der Waals surface area contributed by atoms with Gasteiger partial charge < -0.3 is 14.4 Å². The van der Waals surface area contributed by atoms with E-state index in [-0.39, 0.29) is 0 Å². The molecule has 3 rings (SSSR count). The Hall–Kier alpha value is -2.82. The van der Waals surface area contributed by atoms with Crippen molar-refractivity contribution >= 4 is 0 Å². The molecule has 0 N–H and O–H groups in total. The molecule has 0 aliphatic heterocycles. The predicted octanol–water partition coefficient (Wildman–Crippen LogP) is 1.91. The lowest BCUT2D eigenvalue weighted by Gasteiger charge is -2.06. The van der Waals surface area contributed by atoms with Crippen LogP contribution < -0.4 is 14.5 Å². The van der Waals surface area contributed by atoms with Gasteiger partial charge >= 0.3 is 0 Å². The number of nitrogens with zero attached hydrogens (tertiary/aromatic N) is 2. The van der Waals surface area contributed by atoms with Crippen molar-refractivity contribution in [3.05, 3.63) is 65.9 Å². The van der Waals surface area contributed by atoms with Crippen molar-refractivity contribution in [2.75, 3.05) is 0 Å². The number of hydrogen-bond donors (Lipinski definition) is 0. The second-order valence-corrected chi connectivity index (χ2v) is 4.74. The van der Waals surface area contributed by atoms with Crippen LogP contribution in [-0.2, 0) is 6.61 Å². The van der Waals surface area contributed by atoms with E-state index in [0.29, 0.717) is 6.61 Å². The van der Waals surface area contributed by atoms with Gasteiger partial charge in [-0.25, -0.2) is 0 Å². The molecule has 21 heavy (non-hydrogen) atoms. The van der Waals surface area contributed by atoms with Crippen LogP contribution in [-0.4, -0.2) is 5.27 Å². The zero-order valence-electron chi connectivity index (χ0n) is 11.5. The molecule has 3 aromatic rings. The maximum absolute atomic E-state index is 10.9. The molecule has 0 unspecified atom stereocenters. The van der Waals surface area contributed by atoms with Gasteiger partial charge in [-0.15, -0.1) is 0 Å². The van der Waals surface area contributed by atoms with Gasteiger partial charge in [-0.3, -0.25) is 0 Å². The minimum absolute atomic E-state index is 0.477. The Bertz CT molecular complexity index is 735. The standard InChI is InChI=1S/C16H14N2O3/c1-12-3-2-4-13(9-12)11-20-15-7-5-14(6-8-15)18-10-16(19)21-17-18/h2-10H,11H2,1H3. The highest BCUT2D eigenvalue weighted by Crippen LogP contribution is 2.15. The van der Waals surface area contributed by atoms with Gasteiger partial charge in [0.2, 0.25) is 11.9 Å². The topological polar surface area (TPSA) is 62.2 Å². The molecule has 1 aromatic heterocycles. The number of aryl methyl sites for hydroxylation is 1. The van der Waals surface area contributed by atoms with E-state index in [1.54, 1.807) is 0 Å². The van der Waals surface area contributed by atoms with E-state index in [2.05, 4.69) is 28.9 Å². The summed E-state index contributed by atoms with van der Waals surface area (Å²) < 4.78 is 11.6. The Kier molecular flexibility index (Phi) is 3.55. The highest BCUT2D eigenvalue weighted by Gasteiger charge is 2.08. The van der Waals surface area contributed by atoms with E-state index >= 15 is 0 Å². The van der Waals surface area contributed by atoms with Crippen LogP contribution in [0.25, 0.3) is 5.69 Å². The summed E-state index contributed by atoms with van der Waals surface area (Å²) in [5.74, 6) is 0.279. The minimum atomic E-state index is -0.477. The fourth-order valence-corrected chi connectivity index (χ4v) is 2.02. The molecule has 0 aliphatic carbocycles. The first kappa shape index (κ1) is 13.2. The van der Waals surface area contributed by atoms with E-state index in [4.69, 9.17) is 4.74 Å². The number of aromatic nitrogens is 2. The van der Waals surface area contributed by atoms with Crippen molar-refractivity contribution in [1.82, 2.24) is 5.27 Å². The number of rotatable bonds is 4. The molecule has 0 aliphatic rings. The number of ether oxygens (including phenoxy) is 1. The summed E-state index contributed by atoms with van der Waals surface area (Å²) in [6.45, 7) is 2.57. The van der Waals surface area contributed by atoms with E-state index in [0.717, 1.165) is 17.0 Å². The van der Waals surface area contributed by atoms with Gasteiger partial charge in [-0.05, 0) is 29.3 Å². The van der Waals surface area contributed by atoms with Gasteiger partial charge in [-0.1, -0.05) is 29.8 Å². The van der Waals surface area contributed by atoms with Gasteiger partial charge in [0.15, 0.2) is 0 Å². The van der Waals surface area contributed by atoms with Crippen molar-refractivity contribution in [2.45, 2.75) is 13.5 Å². The fraction of sp³-hybridized carbons (Fsp3) is 0.125. The maximum Gasteiger partial charge on any atom is 0.239 e. The van der Waals surface area contributed by atoms with Gasteiger partial charge in [0.1, 0.15) is 18.3 Å². The maximum atomic E-state index is 10.9. The first-order chi connectivity index (χ1) is 10.2. The van der Waals surface area contributed by atoms with Crippen LogP contribution in [0.5, 0.6) is 11.7 Å². The third-order valence-corrected chi connectivity index (χ3v) is 3.04. The van der Waals surface area contributed by atoms with Crippen LogP contribution in [0.15, 0.2) is 59.3 Å². The highest BCUT2D eigenvalue weighted by molar-refractivity contribution is 5.31. The van der Waals surface area contributed by atoms with Crippen molar-refractivity contribution < 1.29 is 19.0 Å². The fourth-order valence-electron chi connectivity index (χ4n) is 2.02. The van der Waals surface area contributed by atoms with E-state index in [1.165, 1.54) is 16.4 Å². The van der Waals surface area contributed by atoms with Crippen LogP contribution in [0, 0.1) is 6.92 Å². The number of hydrogen-bond acceptors (Lipinski definition) is 4. The van der Waals surface area contributed by atoms with E-state index in [9.17, 15) is 5.11 Å². The largest absolute Gasteiger partial charge is 0.539 e. The SMILES string of the molecule is Cc1cccc(COc2ccc(-[n+]3cc([O-])on3)cc2)c1. The van der Waals surface area contributed by atoms with Gasteiger partial charge in [0.25, 0.3) is 0 Å². The zero-order valence-corrected chi connectivity index (χ0v) is 11.5. The molecule has 5 nitrogen and oxygen atoms in total. The lowest BCUT2D eigenvalue weighted by atomic mass is 10.1. The molecule has 106 valence electrons. The van der Waals surface area contributed by atoms with Gasteiger partial charge in [-0.2, -0.15) is 0 Å².